The zero-order chi connectivity index (χ0) is 13.2. The van der Waals surface area contributed by atoms with E-state index in [9.17, 15) is 4.79 Å². The van der Waals surface area contributed by atoms with Gasteiger partial charge in [0.1, 0.15) is 0 Å². The Morgan fingerprint density at radius 1 is 1.33 bits per heavy atom. The summed E-state index contributed by atoms with van der Waals surface area (Å²) < 4.78 is 17.0. The summed E-state index contributed by atoms with van der Waals surface area (Å²) in [5.41, 5.74) is -0.824. The molecule has 1 heterocycles. The van der Waals surface area contributed by atoms with Gasteiger partial charge in [0.25, 0.3) is 0 Å². The monoisotopic (exact) mass is 258 g/mol. The molecule has 0 bridgehead atoms. The molecule has 1 saturated heterocycles. The number of aliphatic carboxylic acids is 1. The largest absolute Gasteiger partial charge is 0.481 e. The van der Waals surface area contributed by atoms with Crippen molar-refractivity contribution in [2.24, 2.45) is 5.41 Å². The molecule has 1 N–H and O–H groups in total. The summed E-state index contributed by atoms with van der Waals surface area (Å²) in [6, 6.07) is 0. The second-order valence-electron chi connectivity index (χ2n) is 5.81. The van der Waals surface area contributed by atoms with Crippen molar-refractivity contribution in [3.05, 3.63) is 0 Å². The van der Waals surface area contributed by atoms with Crippen molar-refractivity contribution >= 4 is 5.97 Å². The summed E-state index contributed by atoms with van der Waals surface area (Å²) in [6.45, 7) is 4.97. The van der Waals surface area contributed by atoms with Crippen molar-refractivity contribution in [2.75, 3.05) is 19.8 Å². The molecule has 0 radical (unpaired) electrons. The quantitative estimate of drug-likeness (QED) is 0.833. The van der Waals surface area contributed by atoms with Crippen LogP contribution in [0.5, 0.6) is 0 Å². The highest BCUT2D eigenvalue weighted by atomic mass is 16.7. The molecule has 0 atom stereocenters. The number of ether oxygens (including phenoxy) is 3. The van der Waals surface area contributed by atoms with E-state index in [-0.39, 0.29) is 18.5 Å². The molecule has 1 aliphatic carbocycles. The smallest absolute Gasteiger partial charge is 0.311 e. The number of rotatable bonds is 4. The van der Waals surface area contributed by atoms with Gasteiger partial charge in [-0.25, -0.2) is 0 Å². The van der Waals surface area contributed by atoms with Crippen LogP contribution in [0.2, 0.25) is 0 Å². The molecule has 5 nitrogen and oxygen atoms in total. The van der Waals surface area contributed by atoms with E-state index in [0.717, 1.165) is 25.7 Å². The number of carbonyl (C=O) groups is 1. The lowest BCUT2D eigenvalue weighted by Gasteiger charge is -2.36. The molecule has 1 spiro atoms. The van der Waals surface area contributed by atoms with Gasteiger partial charge in [0, 0.05) is 12.8 Å². The molecule has 18 heavy (non-hydrogen) atoms. The van der Waals surface area contributed by atoms with Crippen LogP contribution in [-0.4, -0.2) is 42.8 Å². The van der Waals surface area contributed by atoms with Gasteiger partial charge in [-0.1, -0.05) is 0 Å². The third-order valence-electron chi connectivity index (χ3n) is 3.77. The van der Waals surface area contributed by atoms with E-state index in [2.05, 4.69) is 0 Å². The number of carboxylic acids is 1. The fourth-order valence-corrected chi connectivity index (χ4v) is 2.37. The van der Waals surface area contributed by atoms with Crippen LogP contribution in [0.3, 0.4) is 0 Å². The first kappa shape index (κ1) is 13.8. The van der Waals surface area contributed by atoms with Crippen molar-refractivity contribution in [3.8, 4) is 0 Å². The predicted molar refractivity (Wildman–Crippen MR) is 64.3 cm³/mol. The molecule has 0 amide bonds. The van der Waals surface area contributed by atoms with Crippen LogP contribution in [0, 0.1) is 5.41 Å². The van der Waals surface area contributed by atoms with Gasteiger partial charge < -0.3 is 19.3 Å². The van der Waals surface area contributed by atoms with Gasteiger partial charge in [-0.2, -0.15) is 0 Å². The standard InChI is InChI=1S/C13H22O5/c1-12(2,11(14)15)9-16-10-3-5-13(6-4-10)17-7-8-18-13/h10H,3-9H2,1-2H3,(H,14,15). The van der Waals surface area contributed by atoms with Gasteiger partial charge >= 0.3 is 5.97 Å². The third-order valence-corrected chi connectivity index (χ3v) is 3.77. The van der Waals surface area contributed by atoms with E-state index < -0.39 is 11.4 Å². The topological polar surface area (TPSA) is 65.0 Å². The van der Waals surface area contributed by atoms with E-state index in [0.29, 0.717) is 13.2 Å². The van der Waals surface area contributed by atoms with Crippen LogP contribution < -0.4 is 0 Å². The number of hydrogen-bond donors (Lipinski definition) is 1. The van der Waals surface area contributed by atoms with Gasteiger partial charge in [0.15, 0.2) is 5.79 Å². The number of carboxylic acid groups (broad SMARTS) is 1. The summed E-state index contributed by atoms with van der Waals surface area (Å²) in [5.74, 6) is -1.19. The van der Waals surface area contributed by atoms with E-state index >= 15 is 0 Å². The van der Waals surface area contributed by atoms with Gasteiger partial charge in [-0.05, 0) is 26.7 Å². The van der Waals surface area contributed by atoms with E-state index in [1.807, 2.05) is 0 Å². The third kappa shape index (κ3) is 3.02. The molecule has 0 aromatic heterocycles. The highest BCUT2D eigenvalue weighted by molar-refractivity contribution is 5.73. The van der Waals surface area contributed by atoms with E-state index in [4.69, 9.17) is 19.3 Å². The molecule has 2 fully saturated rings. The lowest BCUT2D eigenvalue weighted by atomic mass is 9.91. The lowest BCUT2D eigenvalue weighted by Crippen LogP contribution is -2.39. The molecule has 0 aromatic rings. The van der Waals surface area contributed by atoms with Crippen LogP contribution in [0.4, 0.5) is 0 Å². The fraction of sp³-hybridized carbons (Fsp3) is 0.923. The Kier molecular flexibility index (Phi) is 3.94. The van der Waals surface area contributed by atoms with E-state index in [1.54, 1.807) is 13.8 Å². The minimum atomic E-state index is -0.824. The normalized spacial score (nSPS) is 24.6. The lowest BCUT2D eigenvalue weighted by molar-refractivity contribution is -0.194. The molecule has 104 valence electrons. The van der Waals surface area contributed by atoms with Crippen LogP contribution in [0.15, 0.2) is 0 Å². The Balaban J connectivity index is 1.75. The Morgan fingerprint density at radius 2 is 1.89 bits per heavy atom. The molecule has 1 saturated carbocycles. The highest BCUT2D eigenvalue weighted by Gasteiger charge is 2.41. The van der Waals surface area contributed by atoms with Gasteiger partial charge in [-0.15, -0.1) is 0 Å². The molecule has 1 aliphatic heterocycles. The maximum atomic E-state index is 11.0. The van der Waals surface area contributed by atoms with Crippen molar-refractivity contribution in [1.82, 2.24) is 0 Å². The molecular weight excluding hydrogens is 236 g/mol. The summed E-state index contributed by atoms with van der Waals surface area (Å²) >= 11 is 0. The van der Waals surface area contributed by atoms with Gasteiger partial charge in [0.05, 0.1) is 31.3 Å². The molecular formula is C13H22O5. The summed E-state index contributed by atoms with van der Waals surface area (Å²) in [7, 11) is 0. The summed E-state index contributed by atoms with van der Waals surface area (Å²) in [4.78, 5) is 11.0. The Labute approximate surface area is 107 Å². The van der Waals surface area contributed by atoms with Crippen LogP contribution >= 0.6 is 0 Å². The zero-order valence-corrected chi connectivity index (χ0v) is 11.1. The zero-order valence-electron chi connectivity index (χ0n) is 11.1. The molecule has 2 rings (SSSR count). The van der Waals surface area contributed by atoms with Gasteiger partial charge in [-0.3, -0.25) is 4.79 Å². The maximum absolute atomic E-state index is 11.0. The first-order valence-electron chi connectivity index (χ1n) is 6.56. The predicted octanol–water partition coefficient (Wildman–Crippen LogP) is 1.80. The summed E-state index contributed by atoms with van der Waals surface area (Å²) in [5, 5.41) is 9.02. The number of hydrogen-bond acceptors (Lipinski definition) is 4. The van der Waals surface area contributed by atoms with Crippen molar-refractivity contribution in [2.45, 2.75) is 51.4 Å². The maximum Gasteiger partial charge on any atom is 0.311 e. The molecule has 0 aromatic carbocycles. The fourth-order valence-electron chi connectivity index (χ4n) is 2.37. The SMILES string of the molecule is CC(C)(COC1CCC2(CC1)OCCO2)C(=O)O. The molecule has 5 heteroatoms. The first-order chi connectivity index (χ1) is 8.44. The second kappa shape index (κ2) is 5.15. The summed E-state index contributed by atoms with van der Waals surface area (Å²) in [6.07, 6.45) is 3.55. The van der Waals surface area contributed by atoms with Crippen LogP contribution in [0.25, 0.3) is 0 Å². The molecule has 2 aliphatic rings. The Bertz CT molecular complexity index is 297. The minimum Gasteiger partial charge on any atom is -0.481 e. The van der Waals surface area contributed by atoms with Crippen LogP contribution in [-0.2, 0) is 19.0 Å². The Hall–Kier alpha value is -0.650. The average Bonchev–Trinajstić information content (AvgIpc) is 2.77. The van der Waals surface area contributed by atoms with Crippen molar-refractivity contribution in [1.29, 1.82) is 0 Å². The van der Waals surface area contributed by atoms with Crippen LogP contribution in [0.1, 0.15) is 39.5 Å². The molecule has 0 unspecified atom stereocenters. The highest BCUT2D eigenvalue weighted by Crippen LogP contribution is 2.37. The first-order valence-corrected chi connectivity index (χ1v) is 6.56. The van der Waals surface area contributed by atoms with Crippen molar-refractivity contribution in [3.63, 3.8) is 0 Å². The second-order valence-corrected chi connectivity index (χ2v) is 5.81. The minimum absolute atomic E-state index is 0.127. The van der Waals surface area contributed by atoms with Crippen molar-refractivity contribution < 1.29 is 24.1 Å². The average molecular weight is 258 g/mol. The Morgan fingerprint density at radius 3 is 2.39 bits per heavy atom. The van der Waals surface area contributed by atoms with Gasteiger partial charge in [0.2, 0.25) is 0 Å². The van der Waals surface area contributed by atoms with E-state index in [1.165, 1.54) is 0 Å².